The minimum absolute atomic E-state index is 0.396. The molecule has 0 fully saturated rings. The molecule has 1 aromatic carbocycles. The number of nitrogens with one attached hydrogen (secondary N) is 1. The van der Waals surface area contributed by atoms with E-state index in [2.05, 4.69) is 297 Å². The van der Waals surface area contributed by atoms with Gasteiger partial charge in [0.1, 0.15) is 30.6 Å². The molecule has 0 atom stereocenters. The van der Waals surface area contributed by atoms with Crippen LogP contribution in [0.5, 0.6) is 0 Å². The molecule has 0 aliphatic rings. The van der Waals surface area contributed by atoms with Gasteiger partial charge in [0.15, 0.2) is 0 Å². The number of hydrogen-bond donors (Lipinski definition) is 1. The van der Waals surface area contributed by atoms with Gasteiger partial charge in [0.25, 0.3) is 0 Å². The molecule has 574 valence electrons. The molecule has 11 heterocycles. The second-order valence-electron chi connectivity index (χ2n) is 28.8. The summed E-state index contributed by atoms with van der Waals surface area (Å²) in [5.41, 5.74) is 14.9. The summed E-state index contributed by atoms with van der Waals surface area (Å²) in [5.74, 6) is 8.51. The molecule has 0 radical (unpaired) electrons. The summed E-state index contributed by atoms with van der Waals surface area (Å²) in [6.45, 7) is 55.4. The van der Waals surface area contributed by atoms with Gasteiger partial charge in [0.2, 0.25) is 0 Å². The van der Waals surface area contributed by atoms with Crippen molar-refractivity contribution in [1.29, 1.82) is 0 Å². The number of aromatic amines is 1. The third-order valence-corrected chi connectivity index (χ3v) is 16.2. The van der Waals surface area contributed by atoms with Crippen LogP contribution in [0, 0.1) is 13.8 Å². The van der Waals surface area contributed by atoms with Crippen LogP contribution in [0.3, 0.4) is 0 Å². The van der Waals surface area contributed by atoms with Gasteiger partial charge >= 0.3 is 0 Å². The van der Waals surface area contributed by atoms with Crippen LogP contribution in [0.4, 0.5) is 0 Å². The molecule has 12 aromatic rings. The first-order valence-corrected chi connectivity index (χ1v) is 38.3. The van der Waals surface area contributed by atoms with E-state index in [1.807, 2.05) is 116 Å². The molecule has 0 amide bonds. The van der Waals surface area contributed by atoms with Crippen molar-refractivity contribution in [3.8, 4) is 0 Å². The lowest BCUT2D eigenvalue weighted by molar-refractivity contribution is 0.388. The van der Waals surface area contributed by atoms with Gasteiger partial charge in [0.05, 0.1) is 29.6 Å². The van der Waals surface area contributed by atoms with Gasteiger partial charge in [0, 0.05) is 104 Å². The van der Waals surface area contributed by atoms with Gasteiger partial charge in [-0.25, -0.2) is 24.9 Å². The molecule has 0 unspecified atom stereocenters. The average Bonchev–Trinajstić information content (AvgIpc) is 1.73. The van der Waals surface area contributed by atoms with Gasteiger partial charge in [-0.05, 0) is 184 Å². The molecular weight excluding hydrogens is 1330 g/mol. The van der Waals surface area contributed by atoms with Crippen LogP contribution >= 0.6 is 11.3 Å². The summed E-state index contributed by atoms with van der Waals surface area (Å²) in [4.78, 5) is 42.7. The Morgan fingerprint density at radius 3 is 1.19 bits per heavy atom. The quantitative estimate of drug-likeness (QED) is 0.121. The van der Waals surface area contributed by atoms with Gasteiger partial charge in [-0.2, -0.15) is 16.4 Å². The van der Waals surface area contributed by atoms with Crippen molar-refractivity contribution in [3.63, 3.8) is 0 Å². The highest BCUT2D eigenvalue weighted by molar-refractivity contribution is 7.08. The number of aromatic nitrogens is 14. The summed E-state index contributed by atoms with van der Waals surface area (Å²) < 4.78 is 11.7. The van der Waals surface area contributed by atoms with E-state index in [4.69, 9.17) is 8.94 Å². The van der Waals surface area contributed by atoms with E-state index in [1.165, 1.54) is 57.4 Å². The van der Waals surface area contributed by atoms with Gasteiger partial charge in [-0.1, -0.05) is 214 Å². The third-order valence-electron chi connectivity index (χ3n) is 15.5. The fourth-order valence-electron chi connectivity index (χ4n) is 8.25. The van der Waals surface area contributed by atoms with Crippen LogP contribution < -0.4 is 0 Å². The summed E-state index contributed by atoms with van der Waals surface area (Å²) >= 11 is 1.77. The predicted molar refractivity (Wildman–Crippen MR) is 445 cm³/mol. The fourth-order valence-corrected chi connectivity index (χ4v) is 9.07. The molecule has 0 aliphatic heterocycles. The molecule has 0 aliphatic carbocycles. The summed E-state index contributed by atoms with van der Waals surface area (Å²) in [6.07, 6.45) is 28.2. The van der Waals surface area contributed by atoms with Crippen molar-refractivity contribution in [2.24, 2.45) is 7.05 Å². The second-order valence-corrected chi connectivity index (χ2v) is 29.6. The largest absolute Gasteiger partial charge is 0.472 e. The highest BCUT2D eigenvalue weighted by Gasteiger charge is 2.06. The lowest BCUT2D eigenvalue weighted by Gasteiger charge is -2.01. The number of furan rings is 1. The van der Waals surface area contributed by atoms with Crippen molar-refractivity contribution in [3.05, 3.63) is 299 Å². The highest BCUT2D eigenvalue weighted by Crippen LogP contribution is 2.19. The molecule has 0 saturated carbocycles. The topological polar surface area (TPSA) is 202 Å². The van der Waals surface area contributed by atoms with Crippen LogP contribution in [0.1, 0.15) is 316 Å². The average molecular weight is 1460 g/mol. The second kappa shape index (κ2) is 55.9. The Hall–Kier alpha value is -9.48. The Morgan fingerprint density at radius 1 is 0.368 bits per heavy atom. The Morgan fingerprint density at radius 2 is 0.896 bits per heavy atom. The van der Waals surface area contributed by atoms with Gasteiger partial charge in [-0.15, -0.1) is 0 Å². The molecule has 1 N–H and O–H groups in total. The van der Waals surface area contributed by atoms with Crippen molar-refractivity contribution < 1.29 is 8.94 Å². The predicted octanol–water partition coefficient (Wildman–Crippen LogP) is 25.0. The smallest absolute Gasteiger partial charge is 0.134 e. The van der Waals surface area contributed by atoms with Crippen molar-refractivity contribution >= 4 is 11.3 Å². The molecule has 17 heteroatoms. The van der Waals surface area contributed by atoms with Crippen LogP contribution in [-0.4, -0.2) is 69.8 Å². The SMILES string of the molecule is CC(C)c1cc[nH]c1.CC(C)c1ccccc1.CC(C)c1ccccn1.CC(C)c1cccnc1.CC(C)c1ccncc1.CC(C)c1ccncn1.CC(C)c1ccoc1.CC(C)c1ccsc1.CC(C)c1cnccn1.CC(C)c1ncncn1.Cc1cc(C(C)C)nn1C.Cc1cc(C(C)C)no1. The minimum atomic E-state index is 0.396. The Balaban J connectivity index is 0.000000578. The number of pyridine rings is 3. The number of rotatable bonds is 12. The van der Waals surface area contributed by atoms with Crippen LogP contribution in [0.15, 0.2) is 229 Å². The number of H-pyrrole nitrogens is 1. The van der Waals surface area contributed by atoms with Crippen molar-refractivity contribution in [2.75, 3.05) is 0 Å². The van der Waals surface area contributed by atoms with E-state index in [9.17, 15) is 0 Å². The number of nitrogens with zero attached hydrogens (tertiary/aromatic N) is 13. The van der Waals surface area contributed by atoms with E-state index < -0.39 is 0 Å². The molecular formula is C89H130N14O2S. The first-order valence-electron chi connectivity index (χ1n) is 37.4. The zero-order valence-electron chi connectivity index (χ0n) is 69.3. The molecule has 11 aromatic heterocycles. The van der Waals surface area contributed by atoms with Gasteiger partial charge < -0.3 is 13.9 Å². The van der Waals surface area contributed by atoms with Crippen LogP contribution in [-0.2, 0) is 7.05 Å². The van der Waals surface area contributed by atoms with Crippen molar-refractivity contribution in [1.82, 2.24) is 69.8 Å². The maximum Gasteiger partial charge on any atom is 0.134 e. The van der Waals surface area contributed by atoms with Crippen molar-refractivity contribution in [2.45, 2.75) is 251 Å². The van der Waals surface area contributed by atoms with Crippen LogP contribution in [0.25, 0.3) is 0 Å². The summed E-state index contributed by atoms with van der Waals surface area (Å²) in [7, 11) is 1.97. The van der Waals surface area contributed by atoms with Gasteiger partial charge in [-0.3, -0.25) is 29.6 Å². The van der Waals surface area contributed by atoms with Crippen LogP contribution in [0.2, 0.25) is 0 Å². The highest BCUT2D eigenvalue weighted by atomic mass is 32.1. The number of aryl methyl sites for hydroxylation is 3. The number of thiophene rings is 1. The first-order chi connectivity index (χ1) is 50.4. The maximum atomic E-state index is 4.88. The third kappa shape index (κ3) is 44.4. The van der Waals surface area contributed by atoms with E-state index in [0.29, 0.717) is 71.0 Å². The Kier molecular flexibility index (Phi) is 49.9. The zero-order valence-corrected chi connectivity index (χ0v) is 70.1. The molecule has 0 bridgehead atoms. The minimum Gasteiger partial charge on any atom is -0.472 e. The fraction of sp³-hybridized carbons (Fsp3) is 0.438. The van der Waals surface area contributed by atoms with E-state index in [0.717, 1.165) is 34.4 Å². The lowest BCUT2D eigenvalue weighted by atomic mass is 10.0. The monoisotopic (exact) mass is 1460 g/mol. The standard InChI is InChI=1S/C9H12.C8H14N2.3C8H11N.2C7H10N2.C7H11NO.C7H11N.C7H10O.C7H10S.C6H9N3/c1-8(2)9-6-4-3-5-7-9;1-6(2)8-5-7(3)10(4)9-8;1-7(2)8-3-5-9-6-4-8;1-7(2)8-4-3-5-9-6-8;1-7(2)8-5-3-4-6-9-8;1-6(2)7-5-8-3-4-9-7;1-6(2)7-3-4-8-5-9-7;1-5(2)7-4-6(3)9-8-7;3*1-6(2)7-3-4-8-5-7;1-5(2)6-8-3-7-4-9-6/h3-8H,1-2H3;5-6H,1-4H3;3*3-7H,1-2H3;2*3-6H,1-2H3;4-5H,1-3H3;3-6,8H,1-2H3;2*3-6H,1-2H3;3-5H,1-2H3. The number of benzene rings is 1. The maximum absolute atomic E-state index is 4.88. The molecule has 106 heavy (non-hydrogen) atoms. The Labute approximate surface area is 643 Å². The Bertz CT molecular complexity index is 3320. The summed E-state index contributed by atoms with van der Waals surface area (Å²) in [5, 5.41) is 12.5. The van der Waals surface area contributed by atoms with E-state index in [1.54, 1.807) is 61.2 Å². The molecule has 0 spiro atoms. The molecule has 16 nitrogen and oxygen atoms in total. The lowest BCUT2D eigenvalue weighted by Crippen LogP contribution is -1.95. The normalized spacial score (nSPS) is 10.3. The zero-order chi connectivity index (χ0) is 79.4. The van der Waals surface area contributed by atoms with E-state index >= 15 is 0 Å². The molecule has 0 saturated heterocycles. The summed E-state index contributed by atoms with van der Waals surface area (Å²) in [6, 6.07) is 37.0. The molecule has 12 rings (SSSR count). The first kappa shape index (κ1) is 94.5. The van der Waals surface area contributed by atoms with E-state index in [-0.39, 0.29) is 0 Å². The number of hydrogen-bond acceptors (Lipinski definition) is 15.